The summed E-state index contributed by atoms with van der Waals surface area (Å²) in [7, 11) is 0. The van der Waals surface area contributed by atoms with Crippen molar-refractivity contribution >= 4 is 189 Å². The molecule has 0 bridgehead atoms. The van der Waals surface area contributed by atoms with E-state index in [-0.39, 0.29) is 174 Å². The molecular weight excluding hydrogens is 1940 g/mol. The molecule has 3 aromatic carbocycles. The van der Waals surface area contributed by atoms with E-state index in [4.69, 9.17) is 122 Å². The first kappa shape index (κ1) is 99.7. The van der Waals surface area contributed by atoms with E-state index in [1.165, 1.54) is 50.1 Å². The second-order valence-corrected chi connectivity index (χ2v) is 35.7. The smallest absolute Gasteiger partial charge is 0.276 e. The van der Waals surface area contributed by atoms with Crippen molar-refractivity contribution in [2.24, 2.45) is 0 Å². The van der Waals surface area contributed by atoms with Crippen molar-refractivity contribution in [2.45, 2.75) is 80.1 Å². The molecule has 15 rings (SSSR count). The second-order valence-electron chi connectivity index (χ2n) is 32.2. The average molecular weight is 2020 g/mol. The zero-order valence-corrected chi connectivity index (χ0v) is 80.0. The number of pyridine rings is 9. The second kappa shape index (κ2) is 40.1. The number of rotatable bonds is 15. The predicted molar refractivity (Wildman–Crippen MR) is 517 cm³/mol. The monoisotopic (exact) mass is 2010 g/mol. The Labute approximate surface area is 812 Å². The van der Waals surface area contributed by atoms with Crippen LogP contribution < -0.4 is 48.6 Å². The van der Waals surface area contributed by atoms with Crippen molar-refractivity contribution in [2.75, 3.05) is 110 Å². The third-order valence-corrected chi connectivity index (χ3v) is 26.5. The highest BCUT2D eigenvalue weighted by Crippen LogP contribution is 2.50. The summed E-state index contributed by atoms with van der Waals surface area (Å²) in [6.45, 7) is 30.7. The minimum absolute atomic E-state index is 0.0127. The molecule has 0 radical (unpaired) electrons. The number of aromatic nitrogens is 9. The molecule has 0 atom stereocenters. The number of carbonyl (C=O) groups excluding carboxylic acids is 3. The van der Waals surface area contributed by atoms with Gasteiger partial charge in [0.2, 0.25) is 17.7 Å². The van der Waals surface area contributed by atoms with Gasteiger partial charge in [-0.2, -0.15) is 15.8 Å². The predicted octanol–water partition coefficient (Wildman–Crippen LogP) is 19.2. The van der Waals surface area contributed by atoms with Crippen molar-refractivity contribution in [1.29, 1.82) is 15.8 Å². The molecule has 9 aromatic heterocycles. The van der Waals surface area contributed by atoms with E-state index in [9.17, 15) is 57.7 Å². The number of nitriles is 3. The molecule has 27 nitrogen and oxygen atoms in total. The summed E-state index contributed by atoms with van der Waals surface area (Å²) >= 11 is 55.9. The molecule has 12 aromatic rings. The first-order chi connectivity index (χ1) is 64.0. The maximum Gasteiger partial charge on any atom is 0.276 e. The number of amides is 3. The quantitative estimate of drug-likeness (QED) is 0.0282. The van der Waals surface area contributed by atoms with Gasteiger partial charge in [-0.25, -0.2) is 41.3 Å². The molecule has 0 unspecified atom stereocenters. The number of nitrogens with two attached hydrogens (primary N) is 3. The Balaban J connectivity index is 0.000000171. The van der Waals surface area contributed by atoms with E-state index in [1.807, 2.05) is 41.5 Å². The number of nitrogens with zero attached hydrogens (tertiary/aromatic N) is 18. The topological polar surface area (TPSA) is 363 Å². The van der Waals surface area contributed by atoms with Gasteiger partial charge in [-0.1, -0.05) is 166 Å². The third-order valence-electron chi connectivity index (χ3n) is 23.2. The van der Waals surface area contributed by atoms with Gasteiger partial charge in [0.1, 0.15) is 66.9 Å². The van der Waals surface area contributed by atoms with E-state index in [1.54, 1.807) is 87.0 Å². The van der Waals surface area contributed by atoms with E-state index >= 15 is 13.2 Å². The van der Waals surface area contributed by atoms with Crippen molar-refractivity contribution in [3.8, 4) is 69.0 Å². The molecule has 3 fully saturated rings. The zero-order valence-electron chi connectivity index (χ0n) is 73.2. The van der Waals surface area contributed by atoms with Crippen LogP contribution in [0, 0.1) is 89.7 Å². The number of carbonyl (C=O) groups is 3. The SMILES string of the molecule is C=CC(=O)N1CCN(c2c(C#N)c(=O)n(-c3c(C)ccnc3C(C)C)c3nc(-c4c(N)c(Cl)c(Cl)c(F)c4F)c(Cl)cc23)CC1.C=CC(=O)N1CCN(c2c(C#N)c(=O)n(-c3c(C)ccnc3C(C)C)c3nc(-c4c(N)c(F)c(Cl)c(Cl)c4F)c(Cl)cc23)CC1.C=CC(=O)N1CCN(c2c(C#N)c(=O)n(-c3c(C)ccnc3C(C)C)c3nc(-c4c(N)c(F)c(Cl)c(Cl)c4F)c(Cl)cc23)CC1. The first-order valence-electron chi connectivity index (χ1n) is 41.3. The maximum absolute atomic E-state index is 15.6. The van der Waals surface area contributed by atoms with Crippen LogP contribution in [0.4, 0.5) is 60.5 Å². The molecule has 135 heavy (non-hydrogen) atoms. The van der Waals surface area contributed by atoms with Gasteiger partial charge in [0.05, 0.1) is 132 Å². The van der Waals surface area contributed by atoms with Crippen molar-refractivity contribution in [3.05, 3.63) is 255 Å². The highest BCUT2D eigenvalue weighted by atomic mass is 35.5. The zero-order chi connectivity index (χ0) is 98.7. The molecule has 6 N–H and O–H groups in total. The van der Waals surface area contributed by atoms with Gasteiger partial charge in [-0.15, -0.1) is 0 Å². The fourth-order valence-electron chi connectivity index (χ4n) is 16.6. The molecule has 0 saturated carbocycles. The lowest BCUT2D eigenvalue weighted by atomic mass is 10.0. The van der Waals surface area contributed by atoms with Crippen LogP contribution in [0.5, 0.6) is 0 Å². The van der Waals surface area contributed by atoms with Crippen LogP contribution >= 0.6 is 104 Å². The molecule has 12 heterocycles. The minimum Gasteiger partial charge on any atom is -0.397 e. The van der Waals surface area contributed by atoms with E-state index < -0.39 is 115 Å². The number of hydrogen-bond donors (Lipinski definition) is 3. The lowest BCUT2D eigenvalue weighted by Gasteiger charge is -2.36. The molecular formula is C93H78Cl9F6N21O6. The summed E-state index contributed by atoms with van der Waals surface area (Å²) < 4.78 is 95.1. The van der Waals surface area contributed by atoms with Crippen LogP contribution in [0.1, 0.15) is 110 Å². The normalized spacial score (nSPS) is 13.4. The van der Waals surface area contributed by atoms with Gasteiger partial charge in [0.25, 0.3) is 16.7 Å². The number of benzene rings is 3. The van der Waals surface area contributed by atoms with Gasteiger partial charge in [-0.3, -0.25) is 57.4 Å². The first-order valence-corrected chi connectivity index (χ1v) is 44.7. The van der Waals surface area contributed by atoms with Crippen molar-refractivity contribution < 1.29 is 40.7 Å². The van der Waals surface area contributed by atoms with Crippen molar-refractivity contribution in [1.82, 2.24) is 58.3 Å². The summed E-state index contributed by atoms with van der Waals surface area (Å²) in [5.41, 5.74) is 16.5. The summed E-state index contributed by atoms with van der Waals surface area (Å²) in [4.78, 5) is 117. The molecule has 3 amide bonds. The number of aryl methyl sites for hydroxylation is 3. The van der Waals surface area contributed by atoms with E-state index in [0.717, 1.165) is 0 Å². The Morgan fingerprint density at radius 3 is 0.867 bits per heavy atom. The van der Waals surface area contributed by atoms with E-state index in [2.05, 4.69) is 67.8 Å². The van der Waals surface area contributed by atoms with Crippen LogP contribution in [0.3, 0.4) is 0 Å². The van der Waals surface area contributed by atoms with Crippen molar-refractivity contribution in [3.63, 3.8) is 0 Å². The number of halogens is 15. The molecule has 0 spiro atoms. The number of anilines is 6. The van der Waals surface area contributed by atoms with Gasteiger partial charge in [-0.05, 0) is 110 Å². The standard InChI is InChI=1S/3C31H26Cl3F2N7O2/c1-5-19(44)41-8-10-42(11-9-41)29-16-12-18(32)27(20-23(35)24(36)21(33)22(34)25(20)38)40-30(16)43(31(45)17(29)13-37)28-15(4)6-7-39-26(28)14(2)3;2*1-5-19(44)41-8-10-42(11-9-41)29-16-12-18(32)27(20-23(35)21(33)22(34)24(36)25(20)38)40-30(16)43(31(45)17(29)13-37)28-15(4)6-7-39-26(28)14(2)3/h3*5-7,12,14H,1,8-11,38H2,2-4H3. The lowest BCUT2D eigenvalue weighted by molar-refractivity contribution is -0.127. The molecule has 42 heteroatoms. The van der Waals surface area contributed by atoms with Crippen LogP contribution in [0.2, 0.25) is 45.2 Å². The fraction of sp³-hybridized carbons (Fsp3) is 0.258. The Morgan fingerprint density at radius 1 is 0.378 bits per heavy atom. The maximum atomic E-state index is 15.6. The highest BCUT2D eigenvalue weighted by molar-refractivity contribution is 6.45. The summed E-state index contributed by atoms with van der Waals surface area (Å²) in [6.07, 6.45) is 8.48. The largest absolute Gasteiger partial charge is 0.397 e. The number of fused-ring (bicyclic) bond motifs is 3. The summed E-state index contributed by atoms with van der Waals surface area (Å²) in [5, 5.41) is 27.5. The molecule has 0 aliphatic carbocycles. The Hall–Kier alpha value is -12.7. The molecule has 3 aliphatic rings. The fourth-order valence-corrected chi connectivity index (χ4v) is 18.4. The Bertz CT molecular complexity index is 6650. The van der Waals surface area contributed by atoms with E-state index in [0.29, 0.717) is 90.1 Å². The summed E-state index contributed by atoms with van der Waals surface area (Å²) in [5.74, 6) is -8.71. The average Bonchev–Trinajstić information content (AvgIpc) is 0.728. The van der Waals surface area contributed by atoms with Gasteiger partial charge in [0, 0.05) is 113 Å². The van der Waals surface area contributed by atoms with Crippen LogP contribution in [0.25, 0.3) is 83.9 Å². The Morgan fingerprint density at radius 2 is 0.622 bits per heavy atom. The molecule has 3 aliphatic heterocycles. The number of hydrogen-bond acceptors (Lipinski definition) is 21. The minimum atomic E-state index is -1.45. The Kier molecular flexibility index (Phi) is 29.6. The van der Waals surface area contributed by atoms with Gasteiger partial charge in [0.15, 0.2) is 34.9 Å². The lowest BCUT2D eigenvalue weighted by Crippen LogP contribution is -2.49. The number of piperazine rings is 3. The highest BCUT2D eigenvalue weighted by Gasteiger charge is 2.38. The summed E-state index contributed by atoms with van der Waals surface area (Å²) in [6, 6.07) is 15.6. The van der Waals surface area contributed by atoms with Gasteiger partial charge >= 0.3 is 0 Å². The third kappa shape index (κ3) is 17.8. The van der Waals surface area contributed by atoms with Crippen LogP contribution in [-0.2, 0) is 14.4 Å². The van der Waals surface area contributed by atoms with Crippen LogP contribution in [-0.4, -0.2) is 155 Å². The molecule has 696 valence electrons. The molecule has 3 saturated heterocycles. The van der Waals surface area contributed by atoms with Crippen LogP contribution in [0.15, 0.2) is 107 Å². The number of nitrogen functional groups attached to an aromatic ring is 3. The van der Waals surface area contributed by atoms with Gasteiger partial charge < -0.3 is 46.6 Å².